The Morgan fingerprint density at radius 2 is 2.04 bits per heavy atom. The van der Waals surface area contributed by atoms with Crippen molar-refractivity contribution in [2.45, 2.75) is 53.3 Å². The van der Waals surface area contributed by atoms with Gasteiger partial charge in [0.1, 0.15) is 12.2 Å². The number of nitrogens with one attached hydrogen (secondary N) is 1. The Balaban J connectivity index is 2.03. The van der Waals surface area contributed by atoms with Gasteiger partial charge in [-0.25, -0.2) is 8.78 Å². The average Bonchev–Trinajstić information content (AvgIpc) is 3.02. The molecule has 2 aromatic heterocycles. The summed E-state index contributed by atoms with van der Waals surface area (Å²) in [7, 11) is 0. The van der Waals surface area contributed by atoms with Gasteiger partial charge in [0.2, 0.25) is 5.91 Å². The first-order chi connectivity index (χ1) is 10.8. The van der Waals surface area contributed by atoms with Crippen LogP contribution in [0.25, 0.3) is 0 Å². The van der Waals surface area contributed by atoms with E-state index >= 15 is 0 Å². The van der Waals surface area contributed by atoms with E-state index in [1.54, 1.807) is 13.1 Å². The zero-order valence-electron chi connectivity index (χ0n) is 13.7. The summed E-state index contributed by atoms with van der Waals surface area (Å²) in [5, 5.41) is 10.8. The lowest BCUT2D eigenvalue weighted by Crippen LogP contribution is -2.31. The van der Waals surface area contributed by atoms with Crippen molar-refractivity contribution in [2.24, 2.45) is 0 Å². The van der Waals surface area contributed by atoms with Gasteiger partial charge in [-0.05, 0) is 33.8 Å². The lowest BCUT2D eigenvalue weighted by molar-refractivity contribution is -0.122. The minimum Gasteiger partial charge on any atom is -0.348 e. The van der Waals surface area contributed by atoms with Gasteiger partial charge in [-0.15, -0.1) is 0 Å². The van der Waals surface area contributed by atoms with Crippen LogP contribution in [0.15, 0.2) is 12.3 Å². The number of amides is 1. The molecule has 0 saturated carbocycles. The van der Waals surface area contributed by atoms with E-state index in [9.17, 15) is 13.6 Å². The van der Waals surface area contributed by atoms with E-state index in [1.807, 2.05) is 25.5 Å². The first-order valence-electron chi connectivity index (χ1n) is 7.47. The largest absolute Gasteiger partial charge is 0.348 e. The van der Waals surface area contributed by atoms with Crippen LogP contribution in [0, 0.1) is 13.8 Å². The molecule has 2 aromatic rings. The maximum atomic E-state index is 12.6. The lowest BCUT2D eigenvalue weighted by atomic mass is 10.1. The second-order valence-electron chi connectivity index (χ2n) is 5.46. The molecule has 0 aliphatic carbocycles. The Hall–Kier alpha value is -2.25. The van der Waals surface area contributed by atoms with Gasteiger partial charge < -0.3 is 5.32 Å². The van der Waals surface area contributed by atoms with Gasteiger partial charge in [0.15, 0.2) is 0 Å². The molecule has 1 atom stereocenters. The molecule has 126 valence electrons. The zero-order valence-corrected chi connectivity index (χ0v) is 13.7. The molecule has 0 saturated heterocycles. The number of carbonyl (C=O) groups excluding carboxylic acids is 1. The highest BCUT2D eigenvalue weighted by atomic mass is 19.3. The van der Waals surface area contributed by atoms with E-state index in [0.717, 1.165) is 17.8 Å². The summed E-state index contributed by atoms with van der Waals surface area (Å²) in [6, 6.07) is 1.07. The van der Waals surface area contributed by atoms with Gasteiger partial charge in [0.05, 0.1) is 12.2 Å². The summed E-state index contributed by atoms with van der Waals surface area (Å²) < 4.78 is 28.4. The van der Waals surface area contributed by atoms with Crippen LogP contribution in [0.4, 0.5) is 8.78 Å². The number of nitrogens with zero attached hydrogens (tertiary/aromatic N) is 4. The standard InChI is InChI=1S/C15H21F2N5O/c1-5-21-11(4)12(7-18-21)10(3)19-14(23)8-22-9(2)6-13(20-22)15(16)17/h6-7,10,15H,5,8H2,1-4H3,(H,19,23). The molecular weight excluding hydrogens is 304 g/mol. The van der Waals surface area contributed by atoms with E-state index in [0.29, 0.717) is 5.69 Å². The first kappa shape index (κ1) is 17.1. The number of alkyl halides is 2. The minimum absolute atomic E-state index is 0.0934. The topological polar surface area (TPSA) is 64.7 Å². The molecule has 6 nitrogen and oxygen atoms in total. The molecule has 0 fully saturated rings. The van der Waals surface area contributed by atoms with E-state index in [4.69, 9.17) is 0 Å². The number of aromatic nitrogens is 4. The summed E-state index contributed by atoms with van der Waals surface area (Å²) in [5.41, 5.74) is 2.14. The molecule has 2 rings (SSSR count). The predicted molar refractivity (Wildman–Crippen MR) is 81.1 cm³/mol. The second kappa shape index (κ2) is 6.89. The molecule has 1 N–H and O–H groups in total. The maximum absolute atomic E-state index is 12.6. The summed E-state index contributed by atoms with van der Waals surface area (Å²) in [5.74, 6) is -0.284. The third kappa shape index (κ3) is 3.75. The van der Waals surface area contributed by atoms with Gasteiger partial charge in [-0.2, -0.15) is 10.2 Å². The summed E-state index contributed by atoms with van der Waals surface area (Å²) in [4.78, 5) is 12.1. The summed E-state index contributed by atoms with van der Waals surface area (Å²) in [6.07, 6.45) is -0.905. The average molecular weight is 325 g/mol. The highest BCUT2D eigenvalue weighted by Gasteiger charge is 2.18. The molecule has 23 heavy (non-hydrogen) atoms. The van der Waals surface area contributed by atoms with Gasteiger partial charge in [0.25, 0.3) is 6.43 Å². The second-order valence-corrected chi connectivity index (χ2v) is 5.46. The number of halogens is 2. The molecule has 0 aliphatic heterocycles. The first-order valence-corrected chi connectivity index (χ1v) is 7.47. The van der Waals surface area contributed by atoms with Crippen molar-refractivity contribution in [1.29, 1.82) is 0 Å². The molecule has 0 radical (unpaired) electrons. The fourth-order valence-electron chi connectivity index (χ4n) is 2.51. The van der Waals surface area contributed by atoms with E-state index in [2.05, 4.69) is 15.5 Å². The van der Waals surface area contributed by atoms with E-state index in [1.165, 1.54) is 10.7 Å². The van der Waals surface area contributed by atoms with Crippen molar-refractivity contribution in [1.82, 2.24) is 24.9 Å². The van der Waals surface area contributed by atoms with Crippen molar-refractivity contribution < 1.29 is 13.6 Å². The minimum atomic E-state index is -2.64. The molecule has 1 unspecified atom stereocenters. The molecule has 0 spiro atoms. The quantitative estimate of drug-likeness (QED) is 0.887. The molecule has 8 heteroatoms. The van der Waals surface area contributed by atoms with Crippen LogP contribution in [0.5, 0.6) is 0 Å². The predicted octanol–water partition coefficient (Wildman–Crippen LogP) is 2.53. The van der Waals surface area contributed by atoms with Crippen LogP contribution in [-0.4, -0.2) is 25.5 Å². The summed E-state index contributed by atoms with van der Waals surface area (Å²) in [6.45, 7) is 8.11. The molecule has 2 heterocycles. The fraction of sp³-hybridized carbons (Fsp3) is 0.533. The van der Waals surface area contributed by atoms with E-state index < -0.39 is 6.43 Å². The Morgan fingerprint density at radius 1 is 1.35 bits per heavy atom. The van der Waals surface area contributed by atoms with Crippen molar-refractivity contribution in [3.8, 4) is 0 Å². The molecule has 0 bridgehead atoms. The molecular formula is C15H21F2N5O. The van der Waals surface area contributed by atoms with E-state index in [-0.39, 0.29) is 24.2 Å². The molecule has 0 aliphatic rings. The number of hydrogen-bond donors (Lipinski definition) is 1. The highest BCUT2D eigenvalue weighted by Crippen LogP contribution is 2.19. The van der Waals surface area contributed by atoms with Crippen molar-refractivity contribution >= 4 is 5.91 Å². The number of carbonyl (C=O) groups is 1. The Bertz CT molecular complexity index is 692. The van der Waals surface area contributed by atoms with Crippen molar-refractivity contribution in [2.75, 3.05) is 0 Å². The van der Waals surface area contributed by atoms with Gasteiger partial charge in [-0.1, -0.05) is 0 Å². The molecule has 0 aromatic carbocycles. The number of hydrogen-bond acceptors (Lipinski definition) is 3. The smallest absolute Gasteiger partial charge is 0.282 e. The third-order valence-electron chi connectivity index (χ3n) is 3.80. The zero-order chi connectivity index (χ0) is 17.1. The van der Waals surface area contributed by atoms with Crippen LogP contribution < -0.4 is 5.32 Å². The highest BCUT2D eigenvalue weighted by molar-refractivity contribution is 5.76. The van der Waals surface area contributed by atoms with Crippen LogP contribution >= 0.6 is 0 Å². The fourth-order valence-corrected chi connectivity index (χ4v) is 2.51. The van der Waals surface area contributed by atoms with Gasteiger partial charge in [0, 0.05) is 23.5 Å². The number of rotatable bonds is 6. The monoisotopic (exact) mass is 325 g/mol. The van der Waals surface area contributed by atoms with Gasteiger partial charge in [-0.3, -0.25) is 14.2 Å². The summed E-state index contributed by atoms with van der Waals surface area (Å²) >= 11 is 0. The van der Waals surface area contributed by atoms with Crippen LogP contribution in [-0.2, 0) is 17.9 Å². The Labute approximate surface area is 133 Å². The maximum Gasteiger partial charge on any atom is 0.282 e. The van der Waals surface area contributed by atoms with Crippen LogP contribution in [0.1, 0.15) is 49.0 Å². The van der Waals surface area contributed by atoms with Gasteiger partial charge >= 0.3 is 0 Å². The lowest BCUT2D eigenvalue weighted by Gasteiger charge is -2.14. The number of aryl methyl sites for hydroxylation is 2. The SMILES string of the molecule is CCn1ncc(C(C)NC(=O)Cn2nc(C(F)F)cc2C)c1C. The van der Waals surface area contributed by atoms with Crippen molar-refractivity contribution in [3.05, 3.63) is 34.9 Å². The Morgan fingerprint density at radius 3 is 2.57 bits per heavy atom. The van der Waals surface area contributed by atoms with Crippen molar-refractivity contribution in [3.63, 3.8) is 0 Å². The Kier molecular flexibility index (Phi) is 5.12. The molecule has 1 amide bonds. The van der Waals surface area contributed by atoms with Crippen LogP contribution in [0.2, 0.25) is 0 Å². The third-order valence-corrected chi connectivity index (χ3v) is 3.80. The van der Waals surface area contributed by atoms with Crippen LogP contribution in [0.3, 0.4) is 0 Å². The normalized spacial score (nSPS) is 12.7.